The molecule has 1 saturated heterocycles. The first-order chi connectivity index (χ1) is 10.8. The SMILES string of the molecule is COCc1nc(CSc2nnc([C@H]3CCCNC3)n2C)no1. The molecule has 3 heterocycles. The van der Waals surface area contributed by atoms with Crippen molar-refractivity contribution in [1.29, 1.82) is 0 Å². The van der Waals surface area contributed by atoms with Crippen LogP contribution in [0.25, 0.3) is 0 Å². The van der Waals surface area contributed by atoms with E-state index in [0.29, 0.717) is 30.0 Å². The first-order valence-electron chi connectivity index (χ1n) is 7.31. The van der Waals surface area contributed by atoms with E-state index in [1.54, 1.807) is 18.9 Å². The summed E-state index contributed by atoms with van der Waals surface area (Å²) < 4.78 is 12.1. The van der Waals surface area contributed by atoms with Gasteiger partial charge in [0, 0.05) is 26.6 Å². The van der Waals surface area contributed by atoms with E-state index in [1.807, 2.05) is 7.05 Å². The third kappa shape index (κ3) is 3.47. The van der Waals surface area contributed by atoms with Gasteiger partial charge < -0.3 is 19.1 Å². The number of rotatable bonds is 6. The summed E-state index contributed by atoms with van der Waals surface area (Å²) in [7, 11) is 3.61. The smallest absolute Gasteiger partial charge is 0.252 e. The van der Waals surface area contributed by atoms with Gasteiger partial charge in [-0.1, -0.05) is 16.9 Å². The molecule has 120 valence electrons. The fraction of sp³-hybridized carbons (Fsp3) is 0.692. The van der Waals surface area contributed by atoms with Crippen LogP contribution in [0.2, 0.25) is 0 Å². The van der Waals surface area contributed by atoms with Gasteiger partial charge >= 0.3 is 0 Å². The van der Waals surface area contributed by atoms with E-state index in [0.717, 1.165) is 30.5 Å². The molecule has 0 bridgehead atoms. The number of hydrogen-bond donors (Lipinski definition) is 1. The van der Waals surface area contributed by atoms with Crippen LogP contribution in [0.3, 0.4) is 0 Å². The van der Waals surface area contributed by atoms with Crippen molar-refractivity contribution in [2.75, 3.05) is 20.2 Å². The number of ether oxygens (including phenoxy) is 1. The summed E-state index contributed by atoms with van der Waals surface area (Å²) in [6.45, 7) is 2.40. The Kier molecular flexibility index (Phi) is 5.06. The Morgan fingerprint density at radius 2 is 2.36 bits per heavy atom. The van der Waals surface area contributed by atoms with Gasteiger partial charge in [0.25, 0.3) is 5.89 Å². The minimum absolute atomic E-state index is 0.334. The largest absolute Gasteiger partial charge is 0.375 e. The normalized spacial score (nSPS) is 18.7. The van der Waals surface area contributed by atoms with Crippen molar-refractivity contribution in [2.45, 2.75) is 36.3 Å². The number of aromatic nitrogens is 5. The van der Waals surface area contributed by atoms with Crippen LogP contribution in [-0.4, -0.2) is 45.1 Å². The van der Waals surface area contributed by atoms with Crippen molar-refractivity contribution < 1.29 is 9.26 Å². The van der Waals surface area contributed by atoms with Crippen LogP contribution in [0.5, 0.6) is 0 Å². The standard InChI is InChI=1S/C13H20N6O2S/c1-19-12(9-4-3-5-14-6-9)16-17-13(19)22-8-10-15-11(7-20-2)21-18-10/h9,14H,3-8H2,1-2H3/t9-/m0/s1. The van der Waals surface area contributed by atoms with Gasteiger partial charge in [-0.3, -0.25) is 0 Å². The van der Waals surface area contributed by atoms with E-state index in [1.165, 1.54) is 6.42 Å². The maximum absolute atomic E-state index is 5.07. The van der Waals surface area contributed by atoms with Crippen LogP contribution in [-0.2, 0) is 24.1 Å². The highest BCUT2D eigenvalue weighted by atomic mass is 32.2. The lowest BCUT2D eigenvalue weighted by Crippen LogP contribution is -2.29. The van der Waals surface area contributed by atoms with Crippen molar-refractivity contribution in [3.8, 4) is 0 Å². The Bertz CT molecular complexity index is 607. The van der Waals surface area contributed by atoms with Gasteiger partial charge in [-0.05, 0) is 19.4 Å². The molecule has 0 amide bonds. The van der Waals surface area contributed by atoms with Crippen LogP contribution in [0.4, 0.5) is 0 Å². The third-order valence-electron chi connectivity index (χ3n) is 3.64. The quantitative estimate of drug-likeness (QED) is 0.790. The van der Waals surface area contributed by atoms with Crippen molar-refractivity contribution in [1.82, 2.24) is 30.2 Å². The molecule has 1 atom stereocenters. The highest BCUT2D eigenvalue weighted by molar-refractivity contribution is 7.98. The van der Waals surface area contributed by atoms with Crippen LogP contribution in [0.1, 0.15) is 36.3 Å². The number of nitrogens with one attached hydrogen (secondary N) is 1. The summed E-state index contributed by atoms with van der Waals surface area (Å²) in [5.74, 6) is 3.22. The van der Waals surface area contributed by atoms with Crippen molar-refractivity contribution in [3.05, 3.63) is 17.5 Å². The highest BCUT2D eigenvalue weighted by Crippen LogP contribution is 2.26. The molecule has 9 heteroatoms. The lowest BCUT2D eigenvalue weighted by atomic mass is 9.99. The molecule has 0 saturated carbocycles. The molecule has 2 aromatic heterocycles. The number of piperidine rings is 1. The Hall–Kier alpha value is -1.45. The number of thioether (sulfide) groups is 1. The average molecular weight is 324 g/mol. The summed E-state index contributed by atoms with van der Waals surface area (Å²) in [6.07, 6.45) is 2.35. The zero-order valence-corrected chi connectivity index (χ0v) is 13.6. The fourth-order valence-corrected chi connectivity index (χ4v) is 3.30. The summed E-state index contributed by atoms with van der Waals surface area (Å²) in [6, 6.07) is 0. The van der Waals surface area contributed by atoms with Crippen LogP contribution in [0, 0.1) is 0 Å². The van der Waals surface area contributed by atoms with Gasteiger partial charge in [0.15, 0.2) is 11.0 Å². The molecule has 0 unspecified atom stereocenters. The van der Waals surface area contributed by atoms with Crippen molar-refractivity contribution >= 4 is 11.8 Å². The molecule has 0 aliphatic carbocycles. The fourth-order valence-electron chi connectivity index (χ4n) is 2.54. The Morgan fingerprint density at radius 3 is 3.14 bits per heavy atom. The molecule has 1 N–H and O–H groups in total. The second-order valence-electron chi connectivity index (χ2n) is 5.27. The highest BCUT2D eigenvalue weighted by Gasteiger charge is 2.22. The second kappa shape index (κ2) is 7.21. The van der Waals surface area contributed by atoms with Crippen molar-refractivity contribution in [2.24, 2.45) is 7.05 Å². The molecule has 22 heavy (non-hydrogen) atoms. The second-order valence-corrected chi connectivity index (χ2v) is 6.21. The van der Waals surface area contributed by atoms with Gasteiger partial charge in [0.05, 0.1) is 5.75 Å². The van der Waals surface area contributed by atoms with E-state index in [-0.39, 0.29) is 0 Å². The summed E-state index contributed by atoms with van der Waals surface area (Å²) in [4.78, 5) is 4.25. The van der Waals surface area contributed by atoms with Gasteiger partial charge in [-0.2, -0.15) is 4.98 Å². The first kappa shape index (κ1) is 15.4. The molecular weight excluding hydrogens is 304 g/mol. The van der Waals surface area contributed by atoms with Gasteiger partial charge in [-0.15, -0.1) is 10.2 Å². The maximum atomic E-state index is 5.07. The molecular formula is C13H20N6O2S. The summed E-state index contributed by atoms with van der Waals surface area (Å²) >= 11 is 1.56. The van der Waals surface area contributed by atoms with Crippen LogP contribution < -0.4 is 5.32 Å². The zero-order chi connectivity index (χ0) is 15.4. The van der Waals surface area contributed by atoms with E-state index < -0.39 is 0 Å². The molecule has 2 aromatic rings. The van der Waals surface area contributed by atoms with E-state index in [2.05, 4.69) is 30.2 Å². The molecule has 1 aliphatic heterocycles. The van der Waals surface area contributed by atoms with Crippen LogP contribution >= 0.6 is 11.8 Å². The molecule has 0 spiro atoms. The summed E-state index contributed by atoms with van der Waals surface area (Å²) in [5, 5.41) is 16.8. The lowest BCUT2D eigenvalue weighted by molar-refractivity contribution is 0.151. The minimum atomic E-state index is 0.334. The van der Waals surface area contributed by atoms with Gasteiger partial charge in [0.1, 0.15) is 12.4 Å². The monoisotopic (exact) mass is 324 g/mol. The predicted molar refractivity (Wildman–Crippen MR) is 80.4 cm³/mol. The molecule has 8 nitrogen and oxygen atoms in total. The number of hydrogen-bond acceptors (Lipinski definition) is 8. The minimum Gasteiger partial charge on any atom is -0.375 e. The Labute approximate surface area is 133 Å². The molecule has 0 aromatic carbocycles. The van der Waals surface area contributed by atoms with E-state index in [4.69, 9.17) is 9.26 Å². The van der Waals surface area contributed by atoms with Crippen molar-refractivity contribution in [3.63, 3.8) is 0 Å². The first-order valence-corrected chi connectivity index (χ1v) is 8.29. The third-order valence-corrected chi connectivity index (χ3v) is 4.66. The molecule has 1 fully saturated rings. The van der Waals surface area contributed by atoms with Gasteiger partial charge in [0.2, 0.25) is 0 Å². The number of nitrogens with zero attached hydrogens (tertiary/aromatic N) is 5. The zero-order valence-electron chi connectivity index (χ0n) is 12.8. The molecule has 1 aliphatic rings. The number of methoxy groups -OCH3 is 1. The maximum Gasteiger partial charge on any atom is 0.252 e. The van der Waals surface area contributed by atoms with E-state index >= 15 is 0 Å². The Balaban J connectivity index is 1.61. The summed E-state index contributed by atoms with van der Waals surface area (Å²) in [5.41, 5.74) is 0. The van der Waals surface area contributed by atoms with E-state index in [9.17, 15) is 0 Å². The average Bonchev–Trinajstić information content (AvgIpc) is 3.13. The predicted octanol–water partition coefficient (Wildman–Crippen LogP) is 1.10. The van der Waals surface area contributed by atoms with Gasteiger partial charge in [-0.25, -0.2) is 0 Å². The topological polar surface area (TPSA) is 90.9 Å². The molecule has 3 rings (SSSR count). The molecule has 0 radical (unpaired) electrons. The van der Waals surface area contributed by atoms with Crippen LogP contribution in [0.15, 0.2) is 9.68 Å². The lowest BCUT2D eigenvalue weighted by Gasteiger charge is -2.21. The Morgan fingerprint density at radius 1 is 1.45 bits per heavy atom.